The molecular weight excluding hydrogens is 476 g/mol. The molecule has 0 saturated heterocycles. The fourth-order valence-corrected chi connectivity index (χ4v) is 4.81. The summed E-state index contributed by atoms with van der Waals surface area (Å²) in [5.41, 5.74) is 1.54. The molecule has 4 rings (SSSR count). The molecule has 0 aliphatic rings. The van der Waals surface area contributed by atoms with E-state index in [1.54, 1.807) is 37.3 Å². The van der Waals surface area contributed by atoms with Crippen molar-refractivity contribution in [2.75, 3.05) is 17.1 Å². The van der Waals surface area contributed by atoms with Gasteiger partial charge in [-0.3, -0.25) is 9.52 Å². The molecule has 0 radical (unpaired) electrons. The molecule has 2 N–H and O–H groups in total. The van der Waals surface area contributed by atoms with Gasteiger partial charge < -0.3 is 14.6 Å². The predicted octanol–water partition coefficient (Wildman–Crippen LogP) is 4.49. The van der Waals surface area contributed by atoms with E-state index in [0.29, 0.717) is 28.8 Å². The molecule has 0 unspecified atom stereocenters. The molecule has 0 aliphatic heterocycles. The van der Waals surface area contributed by atoms with E-state index < -0.39 is 10.0 Å². The number of anilines is 2. The fraction of sp³-hybridized carbons (Fsp3) is 0.174. The van der Waals surface area contributed by atoms with E-state index >= 15 is 0 Å². The summed E-state index contributed by atoms with van der Waals surface area (Å²) in [7, 11) is -2.32. The van der Waals surface area contributed by atoms with E-state index in [9.17, 15) is 13.2 Å². The second kappa shape index (κ2) is 10.1. The predicted molar refractivity (Wildman–Crippen MR) is 130 cm³/mol. The third-order valence-electron chi connectivity index (χ3n) is 4.91. The normalized spacial score (nSPS) is 11.2. The molecule has 0 spiro atoms. The summed E-state index contributed by atoms with van der Waals surface area (Å²) in [6.45, 7) is 1.79. The fourth-order valence-electron chi connectivity index (χ4n) is 3.07. The minimum Gasteiger partial charge on any atom is -0.497 e. The van der Waals surface area contributed by atoms with E-state index in [0.717, 1.165) is 10.4 Å². The van der Waals surface area contributed by atoms with Crippen molar-refractivity contribution >= 4 is 38.6 Å². The molecule has 34 heavy (non-hydrogen) atoms. The Labute approximate surface area is 200 Å². The van der Waals surface area contributed by atoms with Gasteiger partial charge in [0.15, 0.2) is 0 Å². The van der Waals surface area contributed by atoms with Gasteiger partial charge in [0.25, 0.3) is 10.0 Å². The molecule has 0 atom stereocenters. The molecule has 2 aromatic carbocycles. The molecule has 1 amide bonds. The Morgan fingerprint density at radius 2 is 1.94 bits per heavy atom. The van der Waals surface area contributed by atoms with Crippen molar-refractivity contribution in [1.82, 2.24) is 10.1 Å². The zero-order chi connectivity index (χ0) is 24.1. The van der Waals surface area contributed by atoms with Crippen LogP contribution in [0.15, 0.2) is 69.4 Å². The number of amides is 1. The number of benzene rings is 2. The van der Waals surface area contributed by atoms with Gasteiger partial charge in [-0.05, 0) is 60.3 Å². The van der Waals surface area contributed by atoms with E-state index in [1.165, 1.54) is 30.6 Å². The number of thiophene rings is 1. The first-order valence-corrected chi connectivity index (χ1v) is 12.6. The topological polar surface area (TPSA) is 123 Å². The minimum atomic E-state index is -3.86. The summed E-state index contributed by atoms with van der Waals surface area (Å²) in [5, 5.41) is 8.62. The van der Waals surface area contributed by atoms with E-state index in [1.807, 2.05) is 17.5 Å². The van der Waals surface area contributed by atoms with Crippen molar-refractivity contribution in [3.05, 3.63) is 71.4 Å². The number of hydrogen-bond donors (Lipinski definition) is 2. The van der Waals surface area contributed by atoms with Crippen molar-refractivity contribution < 1.29 is 22.5 Å². The number of sulfonamides is 1. The molecule has 11 heteroatoms. The van der Waals surface area contributed by atoms with E-state index in [2.05, 4.69) is 20.2 Å². The number of methoxy groups -OCH3 is 1. The Hall–Kier alpha value is -3.70. The van der Waals surface area contributed by atoms with Gasteiger partial charge in [-0.15, -0.1) is 11.3 Å². The lowest BCUT2D eigenvalue weighted by Gasteiger charge is -2.12. The standard InChI is InChI=1S/C23H22N4O5S2/c1-15-5-10-18(34(29,30)27-16-6-8-17(31-2)9-7-16)14-19(15)24-21(28)11-12-22-25-23(26-32-22)20-4-3-13-33-20/h3-10,13-14,27H,11-12H2,1-2H3,(H,24,28). The quantitative estimate of drug-likeness (QED) is 0.348. The van der Waals surface area contributed by atoms with Gasteiger partial charge in [-0.1, -0.05) is 17.3 Å². The highest BCUT2D eigenvalue weighted by molar-refractivity contribution is 7.92. The number of nitrogens with one attached hydrogen (secondary N) is 2. The average Bonchev–Trinajstić information content (AvgIpc) is 3.51. The molecule has 0 bridgehead atoms. The number of aromatic nitrogens is 2. The molecular formula is C23H22N4O5S2. The number of rotatable bonds is 9. The molecule has 0 fully saturated rings. The van der Waals surface area contributed by atoms with Crippen LogP contribution in [0, 0.1) is 6.92 Å². The maximum Gasteiger partial charge on any atom is 0.261 e. The number of nitrogens with zero attached hydrogens (tertiary/aromatic N) is 2. The molecule has 0 aliphatic carbocycles. The van der Waals surface area contributed by atoms with Crippen LogP contribution < -0.4 is 14.8 Å². The van der Waals surface area contributed by atoms with Crippen LogP contribution >= 0.6 is 11.3 Å². The maximum atomic E-state index is 12.8. The number of aryl methyl sites for hydroxylation is 2. The molecule has 2 heterocycles. The number of ether oxygens (including phenoxy) is 1. The highest BCUT2D eigenvalue weighted by atomic mass is 32.2. The highest BCUT2D eigenvalue weighted by Crippen LogP contribution is 2.24. The van der Waals surface area contributed by atoms with E-state index in [-0.39, 0.29) is 23.6 Å². The van der Waals surface area contributed by atoms with Gasteiger partial charge in [0.05, 0.1) is 16.9 Å². The van der Waals surface area contributed by atoms with Crippen molar-refractivity contribution in [3.8, 4) is 16.5 Å². The third kappa shape index (κ3) is 5.61. The minimum absolute atomic E-state index is 0.0294. The first-order valence-electron chi connectivity index (χ1n) is 10.3. The number of carbonyl (C=O) groups excluding carboxylic acids is 1. The third-order valence-corrected chi connectivity index (χ3v) is 7.16. The van der Waals surface area contributed by atoms with Gasteiger partial charge >= 0.3 is 0 Å². The van der Waals surface area contributed by atoms with Crippen LogP contribution in [0.4, 0.5) is 11.4 Å². The maximum absolute atomic E-state index is 12.8. The lowest BCUT2D eigenvalue weighted by molar-refractivity contribution is -0.116. The first-order chi connectivity index (χ1) is 16.3. The van der Waals surface area contributed by atoms with Crippen molar-refractivity contribution in [3.63, 3.8) is 0 Å². The highest BCUT2D eigenvalue weighted by Gasteiger charge is 2.17. The monoisotopic (exact) mass is 498 g/mol. The lowest BCUT2D eigenvalue weighted by atomic mass is 10.2. The van der Waals surface area contributed by atoms with Crippen molar-refractivity contribution in [2.24, 2.45) is 0 Å². The SMILES string of the molecule is COc1ccc(NS(=O)(=O)c2ccc(C)c(NC(=O)CCc3nc(-c4cccs4)no3)c2)cc1. The Balaban J connectivity index is 1.40. The van der Waals surface area contributed by atoms with Crippen LogP contribution in [0.2, 0.25) is 0 Å². The summed E-state index contributed by atoms with van der Waals surface area (Å²) in [6.07, 6.45) is 0.368. The molecule has 4 aromatic rings. The largest absolute Gasteiger partial charge is 0.497 e. The molecule has 0 saturated carbocycles. The Morgan fingerprint density at radius 1 is 1.15 bits per heavy atom. The number of carbonyl (C=O) groups is 1. The van der Waals surface area contributed by atoms with Crippen LogP contribution in [0.1, 0.15) is 17.9 Å². The Morgan fingerprint density at radius 3 is 2.65 bits per heavy atom. The van der Waals surface area contributed by atoms with Crippen molar-refractivity contribution in [2.45, 2.75) is 24.7 Å². The Bertz CT molecular complexity index is 1380. The van der Waals surface area contributed by atoms with Gasteiger partial charge in [0.1, 0.15) is 5.75 Å². The summed E-state index contributed by atoms with van der Waals surface area (Å²) in [6, 6.07) is 14.9. The van der Waals surface area contributed by atoms with E-state index in [4.69, 9.17) is 9.26 Å². The Kier molecular flexibility index (Phi) is 6.94. The lowest BCUT2D eigenvalue weighted by Crippen LogP contribution is -2.16. The van der Waals surface area contributed by atoms with Crippen LogP contribution in [0.25, 0.3) is 10.7 Å². The summed E-state index contributed by atoms with van der Waals surface area (Å²) in [5.74, 6) is 1.17. The average molecular weight is 499 g/mol. The zero-order valence-electron chi connectivity index (χ0n) is 18.4. The molecule has 176 valence electrons. The van der Waals surface area contributed by atoms with Crippen molar-refractivity contribution in [1.29, 1.82) is 0 Å². The molecule has 9 nitrogen and oxygen atoms in total. The summed E-state index contributed by atoms with van der Waals surface area (Å²) < 4.78 is 38.5. The second-order valence-corrected chi connectivity index (χ2v) is 9.98. The van der Waals surface area contributed by atoms with Gasteiger partial charge in [-0.2, -0.15) is 4.98 Å². The first kappa shape index (κ1) is 23.5. The van der Waals surface area contributed by atoms with Crippen LogP contribution in [0.3, 0.4) is 0 Å². The van der Waals surface area contributed by atoms with Crippen LogP contribution in [0.5, 0.6) is 5.75 Å². The van der Waals surface area contributed by atoms with Gasteiger partial charge in [-0.25, -0.2) is 8.42 Å². The summed E-state index contributed by atoms with van der Waals surface area (Å²) >= 11 is 1.50. The van der Waals surface area contributed by atoms with Crippen LogP contribution in [-0.4, -0.2) is 31.6 Å². The zero-order valence-corrected chi connectivity index (χ0v) is 20.1. The van der Waals surface area contributed by atoms with Gasteiger partial charge in [0.2, 0.25) is 17.6 Å². The smallest absolute Gasteiger partial charge is 0.261 e. The summed E-state index contributed by atoms with van der Waals surface area (Å²) in [4.78, 5) is 17.7. The molecule has 2 aromatic heterocycles. The second-order valence-electron chi connectivity index (χ2n) is 7.35. The van der Waals surface area contributed by atoms with Gasteiger partial charge in [0, 0.05) is 24.2 Å². The number of hydrogen-bond acceptors (Lipinski definition) is 8. The van der Waals surface area contributed by atoms with Crippen LogP contribution in [-0.2, 0) is 21.2 Å².